The number of allylic oxidation sites excluding steroid dienone is 4. The van der Waals surface area contributed by atoms with E-state index in [0.29, 0.717) is 12.0 Å². The minimum atomic E-state index is -5.98. The summed E-state index contributed by atoms with van der Waals surface area (Å²) in [6.45, 7) is 5.49. The molecule has 1 aliphatic heterocycles. The van der Waals surface area contributed by atoms with Crippen LogP contribution < -0.4 is 0 Å². The summed E-state index contributed by atoms with van der Waals surface area (Å²) in [6.07, 6.45) is 4.25. The van der Waals surface area contributed by atoms with Gasteiger partial charge in [-0.15, -0.1) is 0 Å². The van der Waals surface area contributed by atoms with Crippen molar-refractivity contribution in [2.24, 2.45) is 5.92 Å². The highest BCUT2D eigenvalue weighted by atomic mass is 32.2. The van der Waals surface area contributed by atoms with E-state index in [2.05, 4.69) is 4.18 Å². The Labute approximate surface area is 205 Å². The average Bonchev–Trinajstić information content (AvgIpc) is 2.74. The molecule has 0 aromatic heterocycles. The maximum absolute atomic E-state index is 13.2. The monoisotopic (exact) mass is 532 g/mol. The van der Waals surface area contributed by atoms with Crippen molar-refractivity contribution in [1.29, 1.82) is 0 Å². The number of hydrogen-bond donors (Lipinski definition) is 0. The number of carbonyl (C=O) groups is 2. The lowest BCUT2D eigenvalue weighted by atomic mass is 9.90. The van der Waals surface area contributed by atoms with Crippen LogP contribution in [0, 0.1) is 5.92 Å². The van der Waals surface area contributed by atoms with Crippen molar-refractivity contribution in [2.45, 2.75) is 44.9 Å². The fourth-order valence-corrected chi connectivity index (χ4v) is 4.09. The minimum Gasteiger partial charge on any atom is -0.492 e. The summed E-state index contributed by atoms with van der Waals surface area (Å²) in [4.78, 5) is 24.3. The van der Waals surface area contributed by atoms with Crippen LogP contribution in [0.3, 0.4) is 0 Å². The number of alkyl halides is 3. The van der Waals surface area contributed by atoms with Crippen LogP contribution in [0.5, 0.6) is 0 Å². The molecule has 2 atom stereocenters. The van der Waals surface area contributed by atoms with Gasteiger partial charge in [0.25, 0.3) is 6.47 Å². The molecule has 0 aromatic carbocycles. The van der Waals surface area contributed by atoms with Gasteiger partial charge in [0, 0.05) is 5.57 Å². The summed E-state index contributed by atoms with van der Waals surface area (Å²) < 4.78 is 88.0. The van der Waals surface area contributed by atoms with E-state index < -0.39 is 39.4 Å². The Kier molecular flexibility index (Phi) is 7.72. The molecule has 36 heavy (non-hydrogen) atoms. The summed E-state index contributed by atoms with van der Waals surface area (Å²) in [5, 5.41) is 0. The molecule has 2 aliphatic carbocycles. The van der Waals surface area contributed by atoms with Gasteiger partial charge < -0.3 is 23.1 Å². The van der Waals surface area contributed by atoms with Gasteiger partial charge in [-0.3, -0.25) is 9.59 Å². The normalized spacial score (nSPS) is 21.1. The molecule has 0 amide bonds. The summed E-state index contributed by atoms with van der Waals surface area (Å²) in [6, 6.07) is 0. The summed E-state index contributed by atoms with van der Waals surface area (Å²) in [5.41, 5.74) is -5.36. The standard InChI is InChI=1S/C23H23F3O9S/c1-12(2)5-17(34-11-27)14-8-19-16(21(28)22(14)31-4)10-33-18-6-13(3)7-20(15(18)9-32-19)35-36(29,30)23(24,25)26/h6-12,17-18H,5H2,1-4H3. The summed E-state index contributed by atoms with van der Waals surface area (Å²) >= 11 is 0. The first-order valence-electron chi connectivity index (χ1n) is 10.6. The molecule has 0 N–H and O–H groups in total. The topological polar surface area (TPSA) is 114 Å². The van der Waals surface area contributed by atoms with Crippen LogP contribution in [0.25, 0.3) is 0 Å². The highest BCUT2D eigenvalue weighted by Gasteiger charge is 2.49. The molecule has 0 saturated carbocycles. The molecule has 0 aromatic rings. The highest BCUT2D eigenvalue weighted by Crippen LogP contribution is 2.37. The van der Waals surface area contributed by atoms with Crippen LogP contribution in [0.2, 0.25) is 0 Å². The molecule has 3 rings (SSSR count). The Morgan fingerprint density at radius 3 is 2.47 bits per heavy atom. The van der Waals surface area contributed by atoms with E-state index in [1.807, 2.05) is 13.8 Å². The zero-order valence-corrected chi connectivity index (χ0v) is 20.4. The molecule has 9 nitrogen and oxygen atoms in total. The number of rotatable bonds is 8. The number of fused-ring (bicyclic) bond motifs is 2. The molecule has 0 bridgehead atoms. The van der Waals surface area contributed by atoms with E-state index in [-0.39, 0.29) is 40.6 Å². The van der Waals surface area contributed by atoms with Crippen molar-refractivity contribution in [3.8, 4) is 0 Å². The Morgan fingerprint density at radius 1 is 1.19 bits per heavy atom. The van der Waals surface area contributed by atoms with E-state index in [4.69, 9.17) is 18.9 Å². The smallest absolute Gasteiger partial charge is 0.492 e. The van der Waals surface area contributed by atoms with Crippen LogP contribution in [0.1, 0.15) is 27.2 Å². The lowest BCUT2D eigenvalue weighted by molar-refractivity contribution is -0.132. The van der Waals surface area contributed by atoms with Gasteiger partial charge in [-0.2, -0.15) is 21.6 Å². The van der Waals surface area contributed by atoms with Crippen molar-refractivity contribution in [2.75, 3.05) is 7.11 Å². The fraction of sp³-hybridized carbons (Fsp3) is 0.391. The zero-order chi connectivity index (χ0) is 26.8. The third-order valence-electron chi connectivity index (χ3n) is 5.21. The molecular formula is C23H23F3O9S. The van der Waals surface area contributed by atoms with Crippen LogP contribution >= 0.6 is 0 Å². The Bertz CT molecular complexity index is 1230. The summed E-state index contributed by atoms with van der Waals surface area (Å²) in [5.74, 6) is -1.44. The number of halogens is 3. The number of Topliss-reactive ketones (excluding diaryl/α,β-unsaturated/α-hetero) is 1. The molecule has 3 aliphatic rings. The molecular weight excluding hydrogens is 509 g/mol. The van der Waals surface area contributed by atoms with E-state index in [0.717, 1.165) is 18.6 Å². The second kappa shape index (κ2) is 10.2. The summed E-state index contributed by atoms with van der Waals surface area (Å²) in [7, 11) is -4.71. The van der Waals surface area contributed by atoms with Crippen molar-refractivity contribution in [3.63, 3.8) is 0 Å². The molecule has 13 heteroatoms. The van der Waals surface area contributed by atoms with E-state index in [1.165, 1.54) is 26.2 Å². The van der Waals surface area contributed by atoms with Crippen molar-refractivity contribution >= 4 is 22.4 Å². The number of methoxy groups -OCH3 is 1. The van der Waals surface area contributed by atoms with Crippen molar-refractivity contribution in [3.05, 3.63) is 70.3 Å². The molecule has 2 unspecified atom stereocenters. The number of ether oxygens (including phenoxy) is 4. The van der Waals surface area contributed by atoms with Crippen LogP contribution in [0.4, 0.5) is 13.2 Å². The molecule has 1 heterocycles. The van der Waals surface area contributed by atoms with Crippen LogP contribution in [0.15, 0.2) is 70.3 Å². The first-order valence-corrected chi connectivity index (χ1v) is 12.0. The molecule has 196 valence electrons. The third kappa shape index (κ3) is 5.50. The fourth-order valence-electron chi connectivity index (χ4n) is 3.61. The lowest BCUT2D eigenvalue weighted by Crippen LogP contribution is -2.29. The average molecular weight is 532 g/mol. The predicted molar refractivity (Wildman–Crippen MR) is 118 cm³/mol. The maximum Gasteiger partial charge on any atom is 0.534 e. The number of ketones is 1. The Hall–Kier alpha value is -3.48. The van der Waals surface area contributed by atoms with E-state index in [9.17, 15) is 31.2 Å². The van der Waals surface area contributed by atoms with Gasteiger partial charge in [0.2, 0.25) is 5.78 Å². The van der Waals surface area contributed by atoms with E-state index >= 15 is 0 Å². The van der Waals surface area contributed by atoms with Gasteiger partial charge in [0.1, 0.15) is 29.8 Å². The van der Waals surface area contributed by atoms with Crippen molar-refractivity contribution in [1.82, 2.24) is 0 Å². The van der Waals surface area contributed by atoms with Gasteiger partial charge in [-0.25, -0.2) is 0 Å². The van der Waals surface area contributed by atoms with E-state index in [1.54, 1.807) is 0 Å². The van der Waals surface area contributed by atoms with Gasteiger partial charge in [0.15, 0.2) is 11.5 Å². The van der Waals surface area contributed by atoms with Gasteiger partial charge in [-0.05, 0) is 43.1 Å². The lowest BCUT2D eigenvalue weighted by Gasteiger charge is -2.29. The molecule has 0 radical (unpaired) electrons. The van der Waals surface area contributed by atoms with Crippen LogP contribution in [-0.2, 0) is 42.8 Å². The quantitative estimate of drug-likeness (QED) is 0.261. The number of carbonyl (C=O) groups excluding carboxylic acids is 2. The maximum atomic E-state index is 13.2. The van der Waals surface area contributed by atoms with Gasteiger partial charge >= 0.3 is 15.6 Å². The largest absolute Gasteiger partial charge is 0.534 e. The first-order chi connectivity index (χ1) is 16.8. The third-order valence-corrected chi connectivity index (χ3v) is 6.18. The second-order valence-electron chi connectivity index (χ2n) is 8.36. The SMILES string of the molecule is COC1=C(C(CC(C)C)OC=O)C=C2OC=C3C(OS(=O)(=O)C(F)(F)F)=CC(C)=CC3OC=C2C1=O. The highest BCUT2D eigenvalue weighted by molar-refractivity contribution is 7.87. The zero-order valence-electron chi connectivity index (χ0n) is 19.6. The van der Waals surface area contributed by atoms with Crippen molar-refractivity contribution < 1.29 is 54.3 Å². The molecule has 0 spiro atoms. The number of hydrogen-bond acceptors (Lipinski definition) is 9. The molecule has 0 fully saturated rings. The minimum absolute atomic E-state index is 0.0631. The van der Waals surface area contributed by atoms with Crippen LogP contribution in [-0.4, -0.2) is 45.5 Å². The Morgan fingerprint density at radius 2 is 1.89 bits per heavy atom. The Balaban J connectivity index is 2.05. The first kappa shape index (κ1) is 27.1. The predicted octanol–water partition coefficient (Wildman–Crippen LogP) is 3.83. The second-order valence-corrected chi connectivity index (χ2v) is 9.90. The molecule has 0 saturated heterocycles. The van der Waals surface area contributed by atoms with Gasteiger partial charge in [0.05, 0.1) is 18.9 Å². The van der Waals surface area contributed by atoms with Gasteiger partial charge in [-0.1, -0.05) is 13.8 Å².